The van der Waals surface area contributed by atoms with E-state index >= 15 is 0 Å². The maximum absolute atomic E-state index is 5.68. The van der Waals surface area contributed by atoms with Crippen molar-refractivity contribution >= 4 is 11.4 Å². The number of anilines is 1. The van der Waals surface area contributed by atoms with Gasteiger partial charge in [0.2, 0.25) is 0 Å². The van der Waals surface area contributed by atoms with E-state index in [-0.39, 0.29) is 0 Å². The number of rotatable bonds is 3. The molecule has 0 bridgehead atoms. The quantitative estimate of drug-likeness (QED) is 0.732. The highest BCUT2D eigenvalue weighted by Gasteiger charge is 2.12. The third-order valence-electron chi connectivity index (χ3n) is 3.04. The van der Waals surface area contributed by atoms with Gasteiger partial charge in [0.15, 0.2) is 0 Å². The molecular formula is C15H16N4. The van der Waals surface area contributed by atoms with Gasteiger partial charge in [-0.1, -0.05) is 42.5 Å². The molecule has 4 nitrogen and oxygen atoms in total. The van der Waals surface area contributed by atoms with Crippen LogP contribution in [0.25, 0.3) is 5.70 Å². The summed E-state index contributed by atoms with van der Waals surface area (Å²) >= 11 is 0. The Morgan fingerprint density at radius 2 is 1.68 bits per heavy atom. The van der Waals surface area contributed by atoms with E-state index in [1.807, 2.05) is 47.5 Å². The molecule has 1 aliphatic heterocycles. The first-order valence-electron chi connectivity index (χ1n) is 6.21. The van der Waals surface area contributed by atoms with Crippen LogP contribution in [-0.2, 0) is 6.54 Å². The van der Waals surface area contributed by atoms with Gasteiger partial charge in [-0.15, -0.1) is 5.53 Å². The zero-order valence-electron chi connectivity index (χ0n) is 10.5. The van der Waals surface area contributed by atoms with Crippen LogP contribution in [0.2, 0.25) is 0 Å². The Kier molecular flexibility index (Phi) is 3.08. The Morgan fingerprint density at radius 3 is 2.42 bits per heavy atom. The zero-order valence-corrected chi connectivity index (χ0v) is 10.5. The van der Waals surface area contributed by atoms with Gasteiger partial charge in [-0.25, -0.2) is 0 Å². The molecule has 0 saturated carbocycles. The van der Waals surface area contributed by atoms with Gasteiger partial charge in [-0.05, 0) is 17.7 Å². The van der Waals surface area contributed by atoms with Gasteiger partial charge < -0.3 is 11.2 Å². The molecule has 0 atom stereocenters. The lowest BCUT2D eigenvalue weighted by Gasteiger charge is -2.14. The van der Waals surface area contributed by atoms with Crippen LogP contribution in [0.4, 0.5) is 5.69 Å². The molecule has 0 radical (unpaired) electrons. The van der Waals surface area contributed by atoms with E-state index in [0.29, 0.717) is 0 Å². The molecule has 0 aliphatic carbocycles. The van der Waals surface area contributed by atoms with Crippen LogP contribution in [0.1, 0.15) is 11.1 Å². The summed E-state index contributed by atoms with van der Waals surface area (Å²) in [6, 6.07) is 18.1. The smallest absolute Gasteiger partial charge is 0.0751 e. The number of nitrogens with zero attached hydrogens (tertiary/aromatic N) is 1. The van der Waals surface area contributed by atoms with Gasteiger partial charge in [-0.2, -0.15) is 0 Å². The molecule has 0 aromatic heterocycles. The molecule has 19 heavy (non-hydrogen) atoms. The predicted octanol–water partition coefficient (Wildman–Crippen LogP) is 2.09. The fraction of sp³-hybridized carbons (Fsp3) is 0.0667. The van der Waals surface area contributed by atoms with Crippen molar-refractivity contribution in [2.45, 2.75) is 6.54 Å². The molecule has 4 N–H and O–H groups in total. The van der Waals surface area contributed by atoms with E-state index in [1.165, 1.54) is 5.56 Å². The van der Waals surface area contributed by atoms with Crippen molar-refractivity contribution in [1.82, 2.24) is 16.0 Å². The van der Waals surface area contributed by atoms with Crippen LogP contribution in [-0.4, -0.2) is 5.01 Å². The lowest BCUT2D eigenvalue weighted by atomic mass is 10.2. The molecule has 4 heteroatoms. The van der Waals surface area contributed by atoms with E-state index in [0.717, 1.165) is 23.5 Å². The van der Waals surface area contributed by atoms with E-state index in [1.54, 1.807) is 0 Å². The Hall–Kier alpha value is -2.46. The van der Waals surface area contributed by atoms with Crippen LogP contribution in [0.15, 0.2) is 60.8 Å². The van der Waals surface area contributed by atoms with Crippen molar-refractivity contribution in [3.63, 3.8) is 0 Å². The van der Waals surface area contributed by atoms with Crippen molar-refractivity contribution in [3.05, 3.63) is 71.9 Å². The fourth-order valence-corrected chi connectivity index (χ4v) is 2.02. The molecule has 0 spiro atoms. The number of hydrazine groups is 2. The van der Waals surface area contributed by atoms with Crippen molar-refractivity contribution in [1.29, 1.82) is 0 Å². The van der Waals surface area contributed by atoms with Crippen LogP contribution in [0, 0.1) is 0 Å². The maximum Gasteiger partial charge on any atom is 0.0751 e. The molecule has 0 amide bonds. The second-order valence-corrected chi connectivity index (χ2v) is 4.52. The van der Waals surface area contributed by atoms with Crippen molar-refractivity contribution in [2.24, 2.45) is 0 Å². The summed E-state index contributed by atoms with van der Waals surface area (Å²) in [4.78, 5) is 0. The molecule has 0 unspecified atom stereocenters. The molecule has 2 aromatic rings. The van der Waals surface area contributed by atoms with E-state index < -0.39 is 0 Å². The average Bonchev–Trinajstić information content (AvgIpc) is 2.91. The molecule has 3 rings (SSSR count). The molecular weight excluding hydrogens is 236 g/mol. The lowest BCUT2D eigenvalue weighted by Crippen LogP contribution is -2.35. The monoisotopic (exact) mass is 252 g/mol. The number of nitrogens with two attached hydrogens (primary N) is 1. The first-order valence-corrected chi connectivity index (χ1v) is 6.21. The molecule has 2 aromatic carbocycles. The Bertz CT molecular complexity index is 575. The Balaban J connectivity index is 1.71. The van der Waals surface area contributed by atoms with Gasteiger partial charge in [0.05, 0.1) is 12.2 Å². The standard InChI is InChI=1S/C15H16N4/c16-14-8-6-12(7-9-14)10-19-11-15(17-18-19)13-4-2-1-3-5-13/h1-9,11,17-18H,10,16H2. The second-order valence-electron chi connectivity index (χ2n) is 4.52. The third kappa shape index (κ3) is 2.69. The van der Waals surface area contributed by atoms with Gasteiger partial charge in [0.1, 0.15) is 0 Å². The largest absolute Gasteiger partial charge is 0.399 e. The summed E-state index contributed by atoms with van der Waals surface area (Å²) < 4.78 is 0. The maximum atomic E-state index is 5.68. The molecule has 0 saturated heterocycles. The van der Waals surface area contributed by atoms with Crippen molar-refractivity contribution < 1.29 is 0 Å². The minimum Gasteiger partial charge on any atom is -0.399 e. The Morgan fingerprint density at radius 1 is 0.947 bits per heavy atom. The number of nitrogen functional groups attached to an aromatic ring is 1. The van der Waals surface area contributed by atoms with Crippen molar-refractivity contribution in [3.8, 4) is 0 Å². The molecule has 0 fully saturated rings. The highest BCUT2D eigenvalue weighted by molar-refractivity contribution is 5.64. The summed E-state index contributed by atoms with van der Waals surface area (Å²) in [7, 11) is 0. The highest BCUT2D eigenvalue weighted by atomic mass is 15.7. The summed E-state index contributed by atoms with van der Waals surface area (Å²) in [6.45, 7) is 0.781. The SMILES string of the molecule is Nc1ccc(CN2C=C(c3ccccc3)NN2)cc1. The second kappa shape index (κ2) is 5.04. The normalized spacial score (nSPS) is 14.1. The topological polar surface area (TPSA) is 53.3 Å². The lowest BCUT2D eigenvalue weighted by molar-refractivity contribution is 0.265. The molecule has 1 aliphatic rings. The van der Waals surface area contributed by atoms with Gasteiger partial charge >= 0.3 is 0 Å². The summed E-state index contributed by atoms with van der Waals surface area (Å²) in [5.74, 6) is 0. The van der Waals surface area contributed by atoms with Gasteiger partial charge in [0, 0.05) is 17.5 Å². The third-order valence-corrected chi connectivity index (χ3v) is 3.04. The first-order chi connectivity index (χ1) is 9.31. The summed E-state index contributed by atoms with van der Waals surface area (Å²) in [6.07, 6.45) is 2.06. The average molecular weight is 252 g/mol. The van der Waals surface area contributed by atoms with Crippen LogP contribution >= 0.6 is 0 Å². The van der Waals surface area contributed by atoms with E-state index in [9.17, 15) is 0 Å². The first kappa shape index (κ1) is 11.6. The molecule has 96 valence electrons. The predicted molar refractivity (Wildman–Crippen MR) is 77.1 cm³/mol. The fourth-order valence-electron chi connectivity index (χ4n) is 2.02. The van der Waals surface area contributed by atoms with Gasteiger partial charge in [0.25, 0.3) is 0 Å². The number of hydrogen-bond acceptors (Lipinski definition) is 4. The van der Waals surface area contributed by atoms with Crippen molar-refractivity contribution in [2.75, 3.05) is 5.73 Å². The minimum absolute atomic E-state index is 0.781. The molecule has 1 heterocycles. The highest BCUT2D eigenvalue weighted by Crippen LogP contribution is 2.16. The van der Waals surface area contributed by atoms with Crippen LogP contribution in [0.3, 0.4) is 0 Å². The number of nitrogens with one attached hydrogen (secondary N) is 2. The minimum atomic E-state index is 0.781. The van der Waals surface area contributed by atoms with Crippen LogP contribution in [0.5, 0.6) is 0 Å². The van der Waals surface area contributed by atoms with E-state index in [4.69, 9.17) is 5.73 Å². The number of benzene rings is 2. The van der Waals surface area contributed by atoms with Gasteiger partial charge in [-0.3, -0.25) is 5.01 Å². The zero-order chi connectivity index (χ0) is 13.1. The number of hydrogen-bond donors (Lipinski definition) is 3. The summed E-state index contributed by atoms with van der Waals surface area (Å²) in [5, 5.41) is 2.01. The summed E-state index contributed by atoms with van der Waals surface area (Å²) in [5.41, 5.74) is 16.2. The Labute approximate surface area is 112 Å². The van der Waals surface area contributed by atoms with E-state index in [2.05, 4.69) is 29.3 Å². The van der Waals surface area contributed by atoms with Crippen LogP contribution < -0.4 is 16.7 Å².